The van der Waals surface area contributed by atoms with Crippen LogP contribution in [0, 0.1) is 0 Å². The second-order valence-electron chi connectivity index (χ2n) is 5.09. The van der Waals surface area contributed by atoms with Crippen molar-refractivity contribution in [1.29, 1.82) is 0 Å². The first-order valence-corrected chi connectivity index (χ1v) is 6.07. The fourth-order valence-electron chi connectivity index (χ4n) is 2.99. The minimum atomic E-state index is -0.537. The lowest BCUT2D eigenvalue weighted by Crippen LogP contribution is -2.41. The van der Waals surface area contributed by atoms with E-state index in [0.717, 1.165) is 25.7 Å². The van der Waals surface area contributed by atoms with E-state index in [0.29, 0.717) is 0 Å². The number of rotatable bonds is 3. The van der Waals surface area contributed by atoms with E-state index in [-0.39, 0.29) is 6.04 Å². The first-order chi connectivity index (χ1) is 7.63. The van der Waals surface area contributed by atoms with Crippen molar-refractivity contribution < 1.29 is 5.11 Å². The van der Waals surface area contributed by atoms with Gasteiger partial charge < -0.3 is 5.11 Å². The molecule has 0 bridgehead atoms. The maximum atomic E-state index is 10.7. The SMILES string of the molecule is CN(C)C(c1ccccc1)C1(O)CCCC1. The molecule has 0 radical (unpaired) electrons. The van der Waals surface area contributed by atoms with Crippen molar-refractivity contribution in [2.45, 2.75) is 37.3 Å². The van der Waals surface area contributed by atoms with Crippen LogP contribution >= 0.6 is 0 Å². The van der Waals surface area contributed by atoms with Gasteiger partial charge in [0.2, 0.25) is 0 Å². The van der Waals surface area contributed by atoms with Crippen LogP contribution < -0.4 is 0 Å². The minimum absolute atomic E-state index is 0.121. The molecule has 0 saturated heterocycles. The maximum Gasteiger partial charge on any atom is 0.0843 e. The third kappa shape index (κ3) is 2.13. The average Bonchev–Trinajstić information content (AvgIpc) is 2.67. The van der Waals surface area contributed by atoms with Gasteiger partial charge in [-0.2, -0.15) is 0 Å². The zero-order valence-corrected chi connectivity index (χ0v) is 10.2. The Morgan fingerprint density at radius 2 is 1.69 bits per heavy atom. The van der Waals surface area contributed by atoms with Crippen LogP contribution in [0.3, 0.4) is 0 Å². The number of nitrogens with zero attached hydrogens (tertiary/aromatic N) is 1. The molecule has 1 aromatic rings. The van der Waals surface area contributed by atoms with Gasteiger partial charge in [0.05, 0.1) is 11.6 Å². The summed E-state index contributed by atoms with van der Waals surface area (Å²) >= 11 is 0. The molecule has 88 valence electrons. The molecule has 1 atom stereocenters. The lowest BCUT2D eigenvalue weighted by Gasteiger charge is -2.37. The second kappa shape index (κ2) is 4.56. The van der Waals surface area contributed by atoms with Gasteiger partial charge in [0.25, 0.3) is 0 Å². The van der Waals surface area contributed by atoms with Crippen LogP contribution in [0.4, 0.5) is 0 Å². The standard InChI is InChI=1S/C14H21NO/c1-15(2)13(12-8-4-3-5-9-12)14(16)10-6-7-11-14/h3-5,8-9,13,16H,6-7,10-11H2,1-2H3. The van der Waals surface area contributed by atoms with Crippen LogP contribution in [-0.2, 0) is 0 Å². The van der Waals surface area contributed by atoms with Crippen LogP contribution in [-0.4, -0.2) is 29.7 Å². The van der Waals surface area contributed by atoms with Crippen molar-refractivity contribution >= 4 is 0 Å². The summed E-state index contributed by atoms with van der Waals surface area (Å²) in [6.45, 7) is 0. The molecule has 2 heteroatoms. The van der Waals surface area contributed by atoms with Crippen molar-refractivity contribution in [3.05, 3.63) is 35.9 Å². The molecule has 1 N–H and O–H groups in total. The number of hydrogen-bond donors (Lipinski definition) is 1. The molecule has 1 fully saturated rings. The van der Waals surface area contributed by atoms with Gasteiger partial charge in [0.1, 0.15) is 0 Å². The van der Waals surface area contributed by atoms with Crippen LogP contribution in [0.15, 0.2) is 30.3 Å². The summed E-state index contributed by atoms with van der Waals surface area (Å²) in [5.74, 6) is 0. The van der Waals surface area contributed by atoms with Crippen LogP contribution in [0.25, 0.3) is 0 Å². The van der Waals surface area contributed by atoms with Crippen molar-refractivity contribution in [2.75, 3.05) is 14.1 Å². The molecular formula is C14H21NO. The van der Waals surface area contributed by atoms with Crippen molar-refractivity contribution in [3.8, 4) is 0 Å². The van der Waals surface area contributed by atoms with Gasteiger partial charge in [-0.05, 0) is 32.5 Å². The predicted octanol–water partition coefficient (Wildman–Crippen LogP) is 2.59. The summed E-state index contributed by atoms with van der Waals surface area (Å²) in [5, 5.41) is 10.7. The van der Waals surface area contributed by atoms with Gasteiger partial charge in [-0.25, -0.2) is 0 Å². The highest BCUT2D eigenvalue weighted by Gasteiger charge is 2.41. The molecule has 1 aliphatic carbocycles. The average molecular weight is 219 g/mol. The quantitative estimate of drug-likeness (QED) is 0.844. The first-order valence-electron chi connectivity index (χ1n) is 6.07. The zero-order valence-electron chi connectivity index (χ0n) is 10.2. The van der Waals surface area contributed by atoms with Crippen LogP contribution in [0.2, 0.25) is 0 Å². The molecule has 1 unspecified atom stereocenters. The molecule has 2 rings (SSSR count). The van der Waals surface area contributed by atoms with Gasteiger partial charge in [-0.3, -0.25) is 4.90 Å². The highest BCUT2D eigenvalue weighted by molar-refractivity contribution is 5.22. The number of aliphatic hydroxyl groups is 1. The molecule has 1 aromatic carbocycles. The predicted molar refractivity (Wildman–Crippen MR) is 66.3 cm³/mol. The van der Waals surface area contributed by atoms with E-state index in [4.69, 9.17) is 0 Å². The van der Waals surface area contributed by atoms with Gasteiger partial charge >= 0.3 is 0 Å². The molecule has 2 nitrogen and oxygen atoms in total. The number of benzene rings is 1. The van der Waals surface area contributed by atoms with Gasteiger partial charge in [0, 0.05) is 0 Å². The largest absolute Gasteiger partial charge is 0.388 e. The summed E-state index contributed by atoms with van der Waals surface area (Å²) in [6.07, 6.45) is 4.14. The maximum absolute atomic E-state index is 10.7. The Balaban J connectivity index is 2.31. The third-order valence-corrected chi connectivity index (χ3v) is 3.61. The number of hydrogen-bond acceptors (Lipinski definition) is 2. The van der Waals surface area contributed by atoms with Gasteiger partial charge in [-0.1, -0.05) is 43.2 Å². The summed E-state index contributed by atoms with van der Waals surface area (Å²) in [5.41, 5.74) is 0.683. The summed E-state index contributed by atoms with van der Waals surface area (Å²) in [4.78, 5) is 2.14. The Hall–Kier alpha value is -0.860. The molecule has 0 spiro atoms. The Morgan fingerprint density at radius 3 is 2.19 bits per heavy atom. The molecule has 0 amide bonds. The Morgan fingerprint density at radius 1 is 1.12 bits per heavy atom. The summed E-state index contributed by atoms with van der Waals surface area (Å²) in [6, 6.07) is 10.5. The summed E-state index contributed by atoms with van der Waals surface area (Å²) < 4.78 is 0. The van der Waals surface area contributed by atoms with Crippen molar-refractivity contribution in [1.82, 2.24) is 4.90 Å². The fourth-order valence-corrected chi connectivity index (χ4v) is 2.99. The van der Waals surface area contributed by atoms with Gasteiger partial charge in [0.15, 0.2) is 0 Å². The van der Waals surface area contributed by atoms with E-state index in [9.17, 15) is 5.11 Å². The number of likely N-dealkylation sites (N-methyl/N-ethyl adjacent to an activating group) is 1. The minimum Gasteiger partial charge on any atom is -0.388 e. The normalized spacial score (nSPS) is 21.2. The van der Waals surface area contributed by atoms with Gasteiger partial charge in [-0.15, -0.1) is 0 Å². The Kier molecular flexibility index (Phi) is 3.31. The Bertz CT molecular complexity index is 328. The monoisotopic (exact) mass is 219 g/mol. The van der Waals surface area contributed by atoms with E-state index < -0.39 is 5.60 Å². The van der Waals surface area contributed by atoms with Crippen LogP contribution in [0.1, 0.15) is 37.3 Å². The molecule has 0 aromatic heterocycles. The van der Waals surface area contributed by atoms with Crippen molar-refractivity contribution in [2.24, 2.45) is 0 Å². The van der Waals surface area contributed by atoms with E-state index in [1.54, 1.807) is 0 Å². The fraction of sp³-hybridized carbons (Fsp3) is 0.571. The lowest BCUT2D eigenvalue weighted by atomic mass is 9.86. The highest BCUT2D eigenvalue weighted by Crippen LogP contribution is 2.42. The third-order valence-electron chi connectivity index (χ3n) is 3.61. The van der Waals surface area contributed by atoms with Crippen LogP contribution in [0.5, 0.6) is 0 Å². The highest BCUT2D eigenvalue weighted by atomic mass is 16.3. The van der Waals surface area contributed by atoms with E-state index in [1.807, 2.05) is 32.3 Å². The topological polar surface area (TPSA) is 23.5 Å². The molecular weight excluding hydrogens is 198 g/mol. The van der Waals surface area contributed by atoms with Crippen molar-refractivity contribution in [3.63, 3.8) is 0 Å². The molecule has 0 heterocycles. The molecule has 0 aliphatic heterocycles. The molecule has 1 aliphatic rings. The van der Waals surface area contributed by atoms with E-state index in [2.05, 4.69) is 17.0 Å². The lowest BCUT2D eigenvalue weighted by molar-refractivity contribution is -0.0293. The first kappa shape index (κ1) is 11.6. The molecule has 16 heavy (non-hydrogen) atoms. The second-order valence-corrected chi connectivity index (χ2v) is 5.09. The van der Waals surface area contributed by atoms with E-state index in [1.165, 1.54) is 5.56 Å². The molecule has 1 saturated carbocycles. The zero-order chi connectivity index (χ0) is 11.6. The summed E-state index contributed by atoms with van der Waals surface area (Å²) in [7, 11) is 4.10. The smallest absolute Gasteiger partial charge is 0.0843 e. The van der Waals surface area contributed by atoms with E-state index >= 15 is 0 Å². The Labute approximate surface area is 97.9 Å².